The summed E-state index contributed by atoms with van der Waals surface area (Å²) in [5, 5.41) is 8.22. The SMILES string of the molecule is O=C(O)C1C[C@@H]1I. The van der Waals surface area contributed by atoms with Gasteiger partial charge in [0, 0.05) is 3.92 Å². The zero-order valence-corrected chi connectivity index (χ0v) is 5.75. The minimum absolute atomic E-state index is 0.0272. The summed E-state index contributed by atoms with van der Waals surface area (Å²) in [6.45, 7) is 0. The van der Waals surface area contributed by atoms with E-state index in [9.17, 15) is 4.79 Å². The van der Waals surface area contributed by atoms with Crippen molar-refractivity contribution in [2.24, 2.45) is 5.92 Å². The van der Waals surface area contributed by atoms with E-state index in [1.807, 2.05) is 0 Å². The molecule has 0 radical (unpaired) electrons. The minimum atomic E-state index is -0.639. The van der Waals surface area contributed by atoms with E-state index in [0.29, 0.717) is 3.92 Å². The second-order valence-electron chi connectivity index (χ2n) is 1.70. The van der Waals surface area contributed by atoms with E-state index >= 15 is 0 Å². The number of aliphatic carboxylic acids is 1. The maximum absolute atomic E-state index is 9.97. The van der Waals surface area contributed by atoms with Gasteiger partial charge in [-0.1, -0.05) is 22.6 Å². The number of rotatable bonds is 1. The lowest BCUT2D eigenvalue weighted by atomic mass is 10.5. The van der Waals surface area contributed by atoms with Crippen LogP contribution in [0.4, 0.5) is 0 Å². The number of hydrogen-bond acceptors (Lipinski definition) is 1. The van der Waals surface area contributed by atoms with Crippen LogP contribution in [0.15, 0.2) is 0 Å². The van der Waals surface area contributed by atoms with Gasteiger partial charge in [-0.15, -0.1) is 0 Å². The first-order valence-electron chi connectivity index (χ1n) is 2.08. The van der Waals surface area contributed by atoms with Crippen molar-refractivity contribution in [1.82, 2.24) is 0 Å². The van der Waals surface area contributed by atoms with Crippen LogP contribution >= 0.6 is 22.6 Å². The van der Waals surface area contributed by atoms with Gasteiger partial charge in [-0.05, 0) is 6.42 Å². The Labute approximate surface area is 55.0 Å². The Morgan fingerprint density at radius 3 is 2.29 bits per heavy atom. The molecule has 0 heterocycles. The fourth-order valence-corrected chi connectivity index (χ4v) is 1.28. The summed E-state index contributed by atoms with van der Waals surface area (Å²) in [5.74, 6) is -0.667. The highest BCUT2D eigenvalue weighted by molar-refractivity contribution is 14.1. The lowest BCUT2D eigenvalue weighted by Gasteiger charge is -1.78. The van der Waals surface area contributed by atoms with Crippen LogP contribution in [-0.2, 0) is 4.79 Å². The normalized spacial score (nSPS) is 37.9. The smallest absolute Gasteiger partial charge is 0.307 e. The second kappa shape index (κ2) is 1.61. The van der Waals surface area contributed by atoms with Crippen LogP contribution in [0.1, 0.15) is 6.42 Å². The Bertz CT molecular complexity index is 102. The molecule has 3 heteroatoms. The fraction of sp³-hybridized carbons (Fsp3) is 0.750. The highest BCUT2D eigenvalue weighted by atomic mass is 127. The summed E-state index contributed by atoms with van der Waals surface area (Å²) >= 11 is 2.15. The maximum Gasteiger partial charge on any atom is 0.307 e. The first kappa shape index (κ1) is 5.34. The van der Waals surface area contributed by atoms with Crippen molar-refractivity contribution in [1.29, 1.82) is 0 Å². The van der Waals surface area contributed by atoms with Crippen molar-refractivity contribution in [3.8, 4) is 0 Å². The molecule has 0 aliphatic heterocycles. The molecule has 0 bridgehead atoms. The molecule has 1 aliphatic carbocycles. The first-order chi connectivity index (χ1) is 3.22. The third-order valence-electron chi connectivity index (χ3n) is 1.03. The van der Waals surface area contributed by atoms with Gasteiger partial charge in [0.05, 0.1) is 5.92 Å². The van der Waals surface area contributed by atoms with E-state index in [0.717, 1.165) is 6.42 Å². The number of halogens is 1. The molecule has 1 saturated carbocycles. The van der Waals surface area contributed by atoms with Gasteiger partial charge in [0.25, 0.3) is 0 Å². The Hall–Kier alpha value is 0.200. The molecule has 1 aliphatic rings. The van der Waals surface area contributed by atoms with Gasteiger partial charge in [-0.2, -0.15) is 0 Å². The van der Waals surface area contributed by atoms with Crippen molar-refractivity contribution >= 4 is 28.6 Å². The molecule has 40 valence electrons. The minimum Gasteiger partial charge on any atom is -0.481 e. The summed E-state index contributed by atoms with van der Waals surface area (Å²) < 4.78 is 0.412. The van der Waals surface area contributed by atoms with Crippen LogP contribution < -0.4 is 0 Å². The predicted octanol–water partition coefficient (Wildman–Crippen LogP) is 0.895. The summed E-state index contributed by atoms with van der Waals surface area (Å²) in [4.78, 5) is 9.97. The predicted molar refractivity (Wildman–Crippen MR) is 33.6 cm³/mol. The maximum atomic E-state index is 9.97. The molecule has 7 heavy (non-hydrogen) atoms. The fourth-order valence-electron chi connectivity index (χ4n) is 0.420. The molecule has 0 saturated heterocycles. The summed E-state index contributed by atoms with van der Waals surface area (Å²) in [6, 6.07) is 0. The number of carbonyl (C=O) groups is 1. The molecule has 2 atom stereocenters. The van der Waals surface area contributed by atoms with Gasteiger partial charge < -0.3 is 5.11 Å². The van der Waals surface area contributed by atoms with Crippen LogP contribution in [0.3, 0.4) is 0 Å². The zero-order chi connectivity index (χ0) is 5.44. The third-order valence-corrected chi connectivity index (χ3v) is 2.41. The highest BCUT2D eigenvalue weighted by Gasteiger charge is 2.40. The molecule has 2 nitrogen and oxygen atoms in total. The van der Waals surface area contributed by atoms with E-state index in [1.54, 1.807) is 0 Å². The van der Waals surface area contributed by atoms with E-state index < -0.39 is 5.97 Å². The van der Waals surface area contributed by atoms with Gasteiger partial charge in [0.1, 0.15) is 0 Å². The average molecular weight is 212 g/mol. The Balaban J connectivity index is 2.33. The van der Waals surface area contributed by atoms with E-state index in [1.165, 1.54) is 0 Å². The number of carboxylic acids is 1. The first-order valence-corrected chi connectivity index (χ1v) is 3.33. The largest absolute Gasteiger partial charge is 0.481 e. The highest BCUT2D eigenvalue weighted by Crippen LogP contribution is 2.37. The van der Waals surface area contributed by atoms with Gasteiger partial charge in [-0.25, -0.2) is 0 Å². The molecule has 0 aromatic rings. The van der Waals surface area contributed by atoms with Crippen LogP contribution in [0, 0.1) is 5.92 Å². The van der Waals surface area contributed by atoms with Crippen molar-refractivity contribution in [2.75, 3.05) is 0 Å². The quantitative estimate of drug-likeness (QED) is 0.517. The number of carboxylic acid groups (broad SMARTS) is 1. The topological polar surface area (TPSA) is 37.3 Å². The van der Waals surface area contributed by atoms with E-state index in [2.05, 4.69) is 22.6 Å². The van der Waals surface area contributed by atoms with Crippen LogP contribution in [-0.4, -0.2) is 15.0 Å². The molecule has 1 fully saturated rings. The van der Waals surface area contributed by atoms with E-state index in [4.69, 9.17) is 5.11 Å². The van der Waals surface area contributed by atoms with Crippen molar-refractivity contribution < 1.29 is 9.90 Å². The van der Waals surface area contributed by atoms with Crippen molar-refractivity contribution in [2.45, 2.75) is 10.3 Å². The van der Waals surface area contributed by atoms with Crippen molar-refractivity contribution in [3.05, 3.63) is 0 Å². The average Bonchev–Trinajstić information content (AvgIpc) is 2.17. The van der Waals surface area contributed by atoms with Crippen molar-refractivity contribution in [3.63, 3.8) is 0 Å². The lowest BCUT2D eigenvalue weighted by molar-refractivity contribution is -0.138. The van der Waals surface area contributed by atoms with Crippen LogP contribution in [0.5, 0.6) is 0 Å². The third kappa shape index (κ3) is 1.05. The molecule has 1 rings (SSSR count). The van der Waals surface area contributed by atoms with Crippen LogP contribution in [0.25, 0.3) is 0 Å². The summed E-state index contributed by atoms with van der Waals surface area (Å²) in [7, 11) is 0. The lowest BCUT2D eigenvalue weighted by Crippen LogP contribution is -1.97. The molecule has 1 unspecified atom stereocenters. The second-order valence-corrected chi connectivity index (χ2v) is 3.30. The Morgan fingerprint density at radius 1 is 1.86 bits per heavy atom. The summed E-state index contributed by atoms with van der Waals surface area (Å²) in [6.07, 6.45) is 0.871. The molecule has 0 spiro atoms. The molecule has 1 N–H and O–H groups in total. The Kier molecular flexibility index (Phi) is 1.23. The molecular formula is C4H5IO2. The molecular weight excluding hydrogens is 207 g/mol. The van der Waals surface area contributed by atoms with E-state index in [-0.39, 0.29) is 5.92 Å². The van der Waals surface area contributed by atoms with Gasteiger partial charge in [-0.3, -0.25) is 4.79 Å². The molecule has 0 amide bonds. The zero-order valence-electron chi connectivity index (χ0n) is 3.60. The number of hydrogen-bond donors (Lipinski definition) is 1. The van der Waals surface area contributed by atoms with Gasteiger partial charge in [0.15, 0.2) is 0 Å². The Morgan fingerprint density at radius 2 is 2.29 bits per heavy atom. The van der Waals surface area contributed by atoms with Gasteiger partial charge in [0.2, 0.25) is 0 Å². The number of alkyl halides is 1. The monoisotopic (exact) mass is 212 g/mol. The molecule has 0 aromatic carbocycles. The van der Waals surface area contributed by atoms with Gasteiger partial charge >= 0.3 is 5.97 Å². The van der Waals surface area contributed by atoms with Crippen LogP contribution in [0.2, 0.25) is 0 Å². The summed E-state index contributed by atoms with van der Waals surface area (Å²) in [5.41, 5.74) is 0. The molecule has 0 aromatic heterocycles. The standard InChI is InChI=1S/C4H5IO2/c5-3-1-2(3)4(6)7/h2-3H,1H2,(H,6,7)/t2?,3-/m0/s1.